The van der Waals surface area contributed by atoms with Gasteiger partial charge in [-0.05, 0) is 30.6 Å². The number of carbonyl (C=O) groups is 2. The number of amides is 2. The van der Waals surface area contributed by atoms with Crippen LogP contribution in [0.5, 0.6) is 0 Å². The second kappa shape index (κ2) is 9.64. The van der Waals surface area contributed by atoms with Crippen LogP contribution in [0, 0.1) is 17.8 Å². The van der Waals surface area contributed by atoms with Gasteiger partial charge in [-0.3, -0.25) is 4.79 Å². The van der Waals surface area contributed by atoms with Gasteiger partial charge >= 0.3 is 12.0 Å². The van der Waals surface area contributed by atoms with E-state index in [0.29, 0.717) is 24.9 Å². The molecule has 0 fully saturated rings. The Hall–Kier alpha value is -1.26. The molecule has 2 amide bonds. The summed E-state index contributed by atoms with van der Waals surface area (Å²) in [5, 5.41) is 14.4. The summed E-state index contributed by atoms with van der Waals surface area (Å²) >= 11 is 0. The van der Waals surface area contributed by atoms with E-state index in [0.717, 1.165) is 12.8 Å². The molecule has 0 spiro atoms. The molecular weight excluding hydrogens is 244 g/mol. The number of rotatable bonds is 9. The van der Waals surface area contributed by atoms with Crippen LogP contribution in [0.3, 0.4) is 0 Å². The van der Waals surface area contributed by atoms with Gasteiger partial charge in [0.15, 0.2) is 0 Å². The van der Waals surface area contributed by atoms with Crippen molar-refractivity contribution >= 4 is 12.0 Å². The molecule has 0 bridgehead atoms. The third-order valence-electron chi connectivity index (χ3n) is 2.83. The van der Waals surface area contributed by atoms with Crippen LogP contribution in [0.15, 0.2) is 0 Å². The molecule has 0 radical (unpaired) electrons. The number of carbonyl (C=O) groups excluding carboxylic acids is 1. The van der Waals surface area contributed by atoms with E-state index in [1.54, 1.807) is 0 Å². The van der Waals surface area contributed by atoms with Gasteiger partial charge in [-0.2, -0.15) is 0 Å². The Morgan fingerprint density at radius 1 is 1.05 bits per heavy atom. The molecule has 0 saturated carbocycles. The first-order chi connectivity index (χ1) is 8.81. The van der Waals surface area contributed by atoms with Crippen molar-refractivity contribution in [3.8, 4) is 0 Å². The monoisotopic (exact) mass is 272 g/mol. The van der Waals surface area contributed by atoms with Crippen molar-refractivity contribution in [3.63, 3.8) is 0 Å². The van der Waals surface area contributed by atoms with Gasteiger partial charge in [-0.15, -0.1) is 0 Å². The van der Waals surface area contributed by atoms with Gasteiger partial charge in [0.05, 0.1) is 0 Å². The van der Waals surface area contributed by atoms with Crippen molar-refractivity contribution in [1.29, 1.82) is 0 Å². The summed E-state index contributed by atoms with van der Waals surface area (Å²) in [5.74, 6) is 0.164. The summed E-state index contributed by atoms with van der Waals surface area (Å²) in [6.45, 7) is 9.38. The first kappa shape index (κ1) is 17.7. The van der Waals surface area contributed by atoms with E-state index < -0.39 is 5.97 Å². The molecule has 0 rings (SSSR count). The molecule has 0 aromatic rings. The first-order valence-corrected chi connectivity index (χ1v) is 7.04. The zero-order valence-corrected chi connectivity index (χ0v) is 12.5. The normalized spacial score (nSPS) is 12.5. The summed E-state index contributed by atoms with van der Waals surface area (Å²) in [6.07, 6.45) is 1.85. The number of carboxylic acid groups (broad SMARTS) is 1. The highest BCUT2D eigenvalue weighted by Crippen LogP contribution is 2.14. The fraction of sp³-hybridized carbons (Fsp3) is 0.857. The highest BCUT2D eigenvalue weighted by molar-refractivity contribution is 5.74. The molecule has 5 nitrogen and oxygen atoms in total. The minimum Gasteiger partial charge on any atom is -0.481 e. The van der Waals surface area contributed by atoms with Crippen molar-refractivity contribution in [3.05, 3.63) is 0 Å². The Morgan fingerprint density at radius 3 is 2.16 bits per heavy atom. The molecule has 1 unspecified atom stereocenters. The Labute approximate surface area is 116 Å². The highest BCUT2D eigenvalue weighted by atomic mass is 16.4. The average molecular weight is 272 g/mol. The minimum atomic E-state index is -0.812. The lowest BCUT2D eigenvalue weighted by Gasteiger charge is -2.18. The maximum Gasteiger partial charge on any atom is 0.314 e. The molecule has 0 heterocycles. The van der Waals surface area contributed by atoms with E-state index in [1.807, 2.05) is 0 Å². The smallest absolute Gasteiger partial charge is 0.314 e. The van der Waals surface area contributed by atoms with Gasteiger partial charge in [0.1, 0.15) is 0 Å². The van der Waals surface area contributed by atoms with Crippen molar-refractivity contribution in [2.24, 2.45) is 17.8 Å². The number of nitrogens with one attached hydrogen (secondary N) is 2. The fourth-order valence-corrected chi connectivity index (χ4v) is 1.93. The third kappa shape index (κ3) is 11.6. The van der Waals surface area contributed by atoms with Crippen LogP contribution in [0.2, 0.25) is 0 Å². The first-order valence-electron chi connectivity index (χ1n) is 7.04. The molecule has 3 N–H and O–H groups in total. The lowest BCUT2D eigenvalue weighted by atomic mass is 9.94. The van der Waals surface area contributed by atoms with E-state index in [-0.39, 0.29) is 18.4 Å². The molecule has 0 aromatic heterocycles. The largest absolute Gasteiger partial charge is 0.481 e. The van der Waals surface area contributed by atoms with Crippen LogP contribution in [0.1, 0.15) is 47.0 Å². The molecule has 112 valence electrons. The standard InChI is InChI=1S/C14H28N2O3/c1-10(2)5-6-15-14(19)16-9-12(7-11(3)4)8-13(17)18/h10-12H,5-9H2,1-4H3,(H,17,18)(H2,15,16,19). The summed E-state index contributed by atoms with van der Waals surface area (Å²) in [4.78, 5) is 22.3. The van der Waals surface area contributed by atoms with Gasteiger partial charge < -0.3 is 15.7 Å². The second-order valence-electron chi connectivity index (χ2n) is 5.91. The Kier molecular flexibility index (Phi) is 9.00. The number of hydrogen-bond donors (Lipinski definition) is 3. The Bertz CT molecular complexity index is 278. The summed E-state index contributed by atoms with van der Waals surface area (Å²) in [7, 11) is 0. The van der Waals surface area contributed by atoms with Gasteiger partial charge in [-0.1, -0.05) is 27.7 Å². The van der Waals surface area contributed by atoms with Gasteiger partial charge in [0, 0.05) is 19.5 Å². The van der Waals surface area contributed by atoms with E-state index in [1.165, 1.54) is 0 Å². The molecule has 0 aliphatic heterocycles. The number of carboxylic acids is 1. The van der Waals surface area contributed by atoms with Crippen LogP contribution < -0.4 is 10.6 Å². The van der Waals surface area contributed by atoms with Crippen LogP contribution in [-0.4, -0.2) is 30.2 Å². The lowest BCUT2D eigenvalue weighted by Crippen LogP contribution is -2.39. The fourth-order valence-electron chi connectivity index (χ4n) is 1.93. The molecule has 0 saturated heterocycles. The summed E-state index contributed by atoms with van der Waals surface area (Å²) in [6, 6.07) is -0.209. The van der Waals surface area contributed by atoms with E-state index >= 15 is 0 Å². The van der Waals surface area contributed by atoms with E-state index in [2.05, 4.69) is 38.3 Å². The van der Waals surface area contributed by atoms with E-state index in [9.17, 15) is 9.59 Å². The zero-order chi connectivity index (χ0) is 14.8. The molecule has 0 aliphatic rings. The van der Waals surface area contributed by atoms with E-state index in [4.69, 9.17) is 5.11 Å². The predicted molar refractivity (Wildman–Crippen MR) is 76.1 cm³/mol. The molecule has 0 aliphatic carbocycles. The lowest BCUT2D eigenvalue weighted by molar-refractivity contribution is -0.138. The second-order valence-corrected chi connectivity index (χ2v) is 5.91. The van der Waals surface area contributed by atoms with Crippen molar-refractivity contribution in [2.75, 3.05) is 13.1 Å². The van der Waals surface area contributed by atoms with Gasteiger partial charge in [0.2, 0.25) is 0 Å². The van der Waals surface area contributed by atoms with Crippen LogP contribution >= 0.6 is 0 Å². The van der Waals surface area contributed by atoms with Gasteiger partial charge in [0.25, 0.3) is 0 Å². The predicted octanol–water partition coefficient (Wildman–Crippen LogP) is 2.47. The highest BCUT2D eigenvalue weighted by Gasteiger charge is 2.15. The minimum absolute atomic E-state index is 0.00616. The Balaban J connectivity index is 3.95. The maximum absolute atomic E-state index is 11.5. The zero-order valence-electron chi connectivity index (χ0n) is 12.5. The summed E-state index contributed by atoms with van der Waals surface area (Å²) in [5.41, 5.74) is 0. The SMILES string of the molecule is CC(C)CCNC(=O)NCC(CC(=O)O)CC(C)C. The molecule has 5 heteroatoms. The summed E-state index contributed by atoms with van der Waals surface area (Å²) < 4.78 is 0. The Morgan fingerprint density at radius 2 is 1.68 bits per heavy atom. The molecule has 19 heavy (non-hydrogen) atoms. The third-order valence-corrected chi connectivity index (χ3v) is 2.83. The van der Waals surface area contributed by atoms with Crippen molar-refractivity contribution < 1.29 is 14.7 Å². The number of aliphatic carboxylic acids is 1. The molecular formula is C14H28N2O3. The van der Waals surface area contributed by atoms with Crippen LogP contribution in [0.25, 0.3) is 0 Å². The van der Waals surface area contributed by atoms with Gasteiger partial charge in [-0.25, -0.2) is 4.79 Å². The molecule has 1 atom stereocenters. The molecule has 0 aromatic carbocycles. The number of urea groups is 1. The van der Waals surface area contributed by atoms with Crippen LogP contribution in [0.4, 0.5) is 4.79 Å². The maximum atomic E-state index is 11.5. The quantitative estimate of drug-likeness (QED) is 0.603. The van der Waals surface area contributed by atoms with Crippen molar-refractivity contribution in [2.45, 2.75) is 47.0 Å². The number of hydrogen-bond acceptors (Lipinski definition) is 2. The topological polar surface area (TPSA) is 78.4 Å². The van der Waals surface area contributed by atoms with Crippen molar-refractivity contribution in [1.82, 2.24) is 10.6 Å². The van der Waals surface area contributed by atoms with Crippen LogP contribution in [-0.2, 0) is 4.79 Å². The average Bonchev–Trinajstić information content (AvgIpc) is 2.23.